The van der Waals surface area contributed by atoms with Crippen LogP contribution in [0, 0.1) is 6.92 Å². The third-order valence-corrected chi connectivity index (χ3v) is 3.79. The maximum atomic E-state index is 12.1. The number of unbranched alkanes of at least 4 members (excludes halogenated alkanes) is 1. The molecule has 0 amide bonds. The Morgan fingerprint density at radius 1 is 1.28 bits per heavy atom. The molecule has 7 nitrogen and oxygen atoms in total. The maximum Gasteiger partial charge on any atom is 0.255 e. The molecule has 2 N–H and O–H groups in total. The predicted molar refractivity (Wildman–Crippen MR) is 99.0 cm³/mol. The number of hydrazone groups is 1. The summed E-state index contributed by atoms with van der Waals surface area (Å²) in [4.78, 5) is 19.2. The van der Waals surface area contributed by atoms with E-state index in [1.165, 1.54) is 0 Å². The Balaban J connectivity index is 2.10. The van der Waals surface area contributed by atoms with Crippen LogP contribution in [0.1, 0.15) is 36.6 Å². The van der Waals surface area contributed by atoms with Crippen molar-refractivity contribution < 1.29 is 9.47 Å². The summed E-state index contributed by atoms with van der Waals surface area (Å²) in [6.07, 6.45) is 4.35. The average Bonchev–Trinajstić information content (AvgIpc) is 2.61. The van der Waals surface area contributed by atoms with Gasteiger partial charge in [0, 0.05) is 11.3 Å². The summed E-state index contributed by atoms with van der Waals surface area (Å²) >= 11 is 0. The normalized spacial score (nSPS) is 10.9. The molecule has 0 spiro atoms. The zero-order chi connectivity index (χ0) is 18.2. The molecule has 0 bridgehead atoms. The summed E-state index contributed by atoms with van der Waals surface area (Å²) < 4.78 is 10.4. The van der Waals surface area contributed by atoms with E-state index in [4.69, 9.17) is 9.47 Å². The number of aryl methyl sites for hydroxylation is 1. The van der Waals surface area contributed by atoms with Crippen LogP contribution in [0.25, 0.3) is 0 Å². The van der Waals surface area contributed by atoms with Gasteiger partial charge in [0.2, 0.25) is 5.95 Å². The number of hydrogen-bond acceptors (Lipinski definition) is 6. The van der Waals surface area contributed by atoms with Crippen LogP contribution in [0.15, 0.2) is 28.1 Å². The molecule has 0 atom stereocenters. The van der Waals surface area contributed by atoms with Gasteiger partial charge in [0.1, 0.15) is 0 Å². The van der Waals surface area contributed by atoms with Crippen molar-refractivity contribution in [1.82, 2.24) is 9.97 Å². The van der Waals surface area contributed by atoms with Crippen LogP contribution >= 0.6 is 0 Å². The molecular weight excluding hydrogens is 320 g/mol. The van der Waals surface area contributed by atoms with Gasteiger partial charge in [-0.2, -0.15) is 5.10 Å². The van der Waals surface area contributed by atoms with Crippen molar-refractivity contribution in [3.63, 3.8) is 0 Å². The monoisotopic (exact) mass is 344 g/mol. The molecule has 1 aromatic carbocycles. The van der Waals surface area contributed by atoms with E-state index in [0.29, 0.717) is 17.4 Å². The van der Waals surface area contributed by atoms with Crippen LogP contribution in [0.2, 0.25) is 0 Å². The van der Waals surface area contributed by atoms with Crippen molar-refractivity contribution in [3.8, 4) is 11.5 Å². The molecule has 0 aliphatic rings. The van der Waals surface area contributed by atoms with Crippen molar-refractivity contribution in [1.29, 1.82) is 0 Å². The van der Waals surface area contributed by atoms with Crippen molar-refractivity contribution in [2.24, 2.45) is 5.10 Å². The Morgan fingerprint density at radius 2 is 2.04 bits per heavy atom. The van der Waals surface area contributed by atoms with Crippen LogP contribution in [-0.2, 0) is 6.42 Å². The minimum absolute atomic E-state index is 0.121. The highest BCUT2D eigenvalue weighted by molar-refractivity contribution is 5.81. The molecule has 7 heteroatoms. The van der Waals surface area contributed by atoms with E-state index in [1.54, 1.807) is 32.6 Å². The number of H-pyrrole nitrogens is 1. The fourth-order valence-corrected chi connectivity index (χ4v) is 2.41. The van der Waals surface area contributed by atoms with E-state index in [2.05, 4.69) is 27.4 Å². The molecule has 0 fully saturated rings. The fourth-order valence-electron chi connectivity index (χ4n) is 2.41. The lowest BCUT2D eigenvalue weighted by Crippen LogP contribution is -2.18. The minimum atomic E-state index is -0.121. The maximum absolute atomic E-state index is 12.1. The largest absolute Gasteiger partial charge is 0.493 e. The summed E-state index contributed by atoms with van der Waals surface area (Å²) in [6.45, 7) is 3.93. The SMILES string of the molecule is CCCCc1c(C)nc(N/N=C/c2ccc(OC)c(OC)c2)[nH]c1=O. The lowest BCUT2D eigenvalue weighted by molar-refractivity contribution is 0.355. The number of nitrogens with one attached hydrogen (secondary N) is 2. The van der Waals surface area contributed by atoms with E-state index in [9.17, 15) is 4.79 Å². The molecule has 0 unspecified atom stereocenters. The molecular formula is C18H24N4O3. The molecule has 0 saturated heterocycles. The van der Waals surface area contributed by atoms with E-state index >= 15 is 0 Å². The van der Waals surface area contributed by atoms with Crippen molar-refractivity contribution in [2.45, 2.75) is 33.1 Å². The van der Waals surface area contributed by atoms with Crippen LogP contribution in [-0.4, -0.2) is 30.4 Å². The summed E-state index contributed by atoms with van der Waals surface area (Å²) in [6, 6.07) is 5.45. The Kier molecular flexibility index (Phi) is 6.56. The number of anilines is 1. The first-order valence-corrected chi connectivity index (χ1v) is 8.20. The van der Waals surface area contributed by atoms with Crippen LogP contribution in [0.4, 0.5) is 5.95 Å². The first kappa shape index (κ1) is 18.5. The third-order valence-electron chi connectivity index (χ3n) is 3.79. The molecule has 134 valence electrons. The topological polar surface area (TPSA) is 88.6 Å². The standard InChI is InChI=1S/C18H24N4O3/c1-5-6-7-14-12(2)20-18(21-17(14)23)22-19-11-13-8-9-15(24-3)16(10-13)25-4/h8-11H,5-7H2,1-4H3,(H2,20,21,22,23)/b19-11+. The first-order valence-electron chi connectivity index (χ1n) is 8.20. The number of benzene rings is 1. The van der Waals surface area contributed by atoms with Gasteiger partial charge in [-0.3, -0.25) is 9.78 Å². The van der Waals surface area contributed by atoms with Crippen molar-refractivity contribution in [3.05, 3.63) is 45.4 Å². The van der Waals surface area contributed by atoms with Crippen LogP contribution in [0.3, 0.4) is 0 Å². The van der Waals surface area contributed by atoms with Crippen molar-refractivity contribution >= 4 is 12.2 Å². The minimum Gasteiger partial charge on any atom is -0.493 e. The Bertz CT molecular complexity index is 799. The number of rotatable bonds is 8. The molecule has 2 rings (SSSR count). The molecule has 0 aliphatic carbocycles. The van der Waals surface area contributed by atoms with Gasteiger partial charge in [-0.15, -0.1) is 0 Å². The van der Waals surface area contributed by atoms with Gasteiger partial charge >= 0.3 is 0 Å². The zero-order valence-electron chi connectivity index (χ0n) is 15.0. The van der Waals surface area contributed by atoms with E-state index < -0.39 is 0 Å². The smallest absolute Gasteiger partial charge is 0.255 e. The van der Waals surface area contributed by atoms with Crippen LogP contribution < -0.4 is 20.5 Å². The number of hydrogen-bond donors (Lipinski definition) is 2. The van der Waals surface area contributed by atoms with Gasteiger partial charge in [-0.1, -0.05) is 13.3 Å². The van der Waals surface area contributed by atoms with E-state index in [1.807, 2.05) is 13.0 Å². The van der Waals surface area contributed by atoms with Gasteiger partial charge in [0.15, 0.2) is 11.5 Å². The quantitative estimate of drug-likeness (QED) is 0.568. The summed E-state index contributed by atoms with van der Waals surface area (Å²) in [5, 5.41) is 4.11. The Labute approximate surface area is 147 Å². The van der Waals surface area contributed by atoms with E-state index in [-0.39, 0.29) is 5.56 Å². The molecule has 1 aromatic heterocycles. The number of aromatic nitrogens is 2. The molecule has 2 aromatic rings. The van der Waals surface area contributed by atoms with Crippen molar-refractivity contribution in [2.75, 3.05) is 19.6 Å². The second-order valence-corrected chi connectivity index (χ2v) is 5.57. The molecule has 0 radical (unpaired) electrons. The van der Waals surface area contributed by atoms with Gasteiger partial charge in [-0.25, -0.2) is 10.4 Å². The summed E-state index contributed by atoms with van der Waals surface area (Å²) in [7, 11) is 3.16. The third kappa shape index (κ3) is 4.82. The highest BCUT2D eigenvalue weighted by Gasteiger charge is 2.07. The second kappa shape index (κ2) is 8.86. The number of ether oxygens (including phenoxy) is 2. The van der Waals surface area contributed by atoms with Gasteiger partial charge in [0.25, 0.3) is 5.56 Å². The lowest BCUT2D eigenvalue weighted by atomic mass is 10.1. The summed E-state index contributed by atoms with van der Waals surface area (Å²) in [5.41, 5.74) is 4.91. The number of nitrogens with zero attached hydrogens (tertiary/aromatic N) is 2. The Morgan fingerprint density at radius 3 is 2.68 bits per heavy atom. The number of aromatic amines is 1. The molecule has 0 saturated carbocycles. The van der Waals surface area contributed by atoms with Gasteiger partial charge < -0.3 is 9.47 Å². The molecule has 1 heterocycles. The number of methoxy groups -OCH3 is 2. The molecule has 0 aliphatic heterocycles. The highest BCUT2D eigenvalue weighted by atomic mass is 16.5. The van der Waals surface area contributed by atoms with Gasteiger partial charge in [0.05, 0.1) is 20.4 Å². The summed E-state index contributed by atoms with van der Waals surface area (Å²) in [5.74, 6) is 1.59. The molecule has 25 heavy (non-hydrogen) atoms. The zero-order valence-corrected chi connectivity index (χ0v) is 15.0. The second-order valence-electron chi connectivity index (χ2n) is 5.57. The highest BCUT2D eigenvalue weighted by Crippen LogP contribution is 2.26. The first-order chi connectivity index (χ1) is 12.1. The van der Waals surface area contributed by atoms with Crippen LogP contribution in [0.5, 0.6) is 11.5 Å². The van der Waals surface area contributed by atoms with Gasteiger partial charge in [-0.05, 0) is 43.5 Å². The Hall–Kier alpha value is -2.83. The van der Waals surface area contributed by atoms with E-state index in [0.717, 1.165) is 36.1 Å². The average molecular weight is 344 g/mol. The predicted octanol–water partition coefficient (Wildman–Crippen LogP) is 2.88. The lowest BCUT2D eigenvalue weighted by Gasteiger charge is -2.08. The fraction of sp³-hybridized carbons (Fsp3) is 0.389.